The Morgan fingerprint density at radius 2 is 1.74 bits per heavy atom. The molecule has 3 heteroatoms. The minimum atomic E-state index is 0.304. The van der Waals surface area contributed by atoms with E-state index in [0.717, 1.165) is 13.1 Å². The maximum atomic E-state index is 4.51. The van der Waals surface area contributed by atoms with E-state index in [1.165, 1.54) is 50.6 Å². The van der Waals surface area contributed by atoms with Crippen LogP contribution >= 0.6 is 0 Å². The molecule has 0 amide bonds. The highest BCUT2D eigenvalue weighted by molar-refractivity contribution is 5.18. The Balaban J connectivity index is 1.93. The van der Waals surface area contributed by atoms with Crippen molar-refractivity contribution in [2.24, 2.45) is 0 Å². The van der Waals surface area contributed by atoms with E-state index in [2.05, 4.69) is 41.2 Å². The molecule has 0 unspecified atom stereocenters. The third-order valence-corrected chi connectivity index (χ3v) is 5.48. The predicted molar refractivity (Wildman–Crippen MR) is 78.4 cm³/mol. The Morgan fingerprint density at radius 1 is 1.05 bits per heavy atom. The molecule has 0 aromatic carbocycles. The third-order valence-electron chi connectivity index (χ3n) is 5.48. The van der Waals surface area contributed by atoms with Crippen molar-refractivity contribution in [3.05, 3.63) is 18.2 Å². The van der Waals surface area contributed by atoms with Crippen LogP contribution in [-0.2, 0) is 11.0 Å². The van der Waals surface area contributed by atoms with Crippen LogP contribution in [0.2, 0.25) is 0 Å². The zero-order valence-electron chi connectivity index (χ0n) is 12.4. The van der Waals surface area contributed by atoms with Gasteiger partial charge in [0.05, 0.1) is 6.33 Å². The summed E-state index contributed by atoms with van der Waals surface area (Å²) in [6.07, 6.45) is 13.4. The molecular formula is C16H27N3. The second-order valence-corrected chi connectivity index (χ2v) is 7.02. The van der Waals surface area contributed by atoms with Gasteiger partial charge in [0, 0.05) is 22.8 Å². The van der Waals surface area contributed by atoms with Crippen molar-refractivity contribution in [3.8, 4) is 0 Å². The Bertz CT molecular complexity index is 384. The minimum absolute atomic E-state index is 0.304. The largest absolute Gasteiger partial charge is 0.328 e. The van der Waals surface area contributed by atoms with Crippen molar-refractivity contribution in [1.29, 1.82) is 0 Å². The summed E-state index contributed by atoms with van der Waals surface area (Å²) in [4.78, 5) is 4.51. The van der Waals surface area contributed by atoms with Crippen LogP contribution in [0, 0.1) is 0 Å². The molecule has 1 aliphatic heterocycles. The molecule has 2 fully saturated rings. The topological polar surface area (TPSA) is 29.9 Å². The molecule has 1 aliphatic carbocycles. The summed E-state index contributed by atoms with van der Waals surface area (Å²) in [5.74, 6) is 0. The van der Waals surface area contributed by atoms with Gasteiger partial charge in [0.2, 0.25) is 0 Å². The summed E-state index contributed by atoms with van der Waals surface area (Å²) in [5.41, 5.74) is 2.08. The van der Waals surface area contributed by atoms with Gasteiger partial charge in [-0.2, -0.15) is 0 Å². The van der Waals surface area contributed by atoms with E-state index >= 15 is 0 Å². The first kappa shape index (κ1) is 13.2. The monoisotopic (exact) mass is 261 g/mol. The lowest BCUT2D eigenvalue weighted by atomic mass is 9.76. The molecule has 19 heavy (non-hydrogen) atoms. The van der Waals surface area contributed by atoms with Crippen LogP contribution in [-0.4, -0.2) is 22.6 Å². The highest BCUT2D eigenvalue weighted by atomic mass is 15.1. The number of hydrogen-bond donors (Lipinski definition) is 1. The zero-order valence-corrected chi connectivity index (χ0v) is 12.4. The van der Waals surface area contributed by atoms with Crippen LogP contribution in [0.4, 0.5) is 0 Å². The fourth-order valence-corrected chi connectivity index (χ4v) is 3.96. The number of aromatic nitrogens is 2. The Hall–Kier alpha value is -0.830. The van der Waals surface area contributed by atoms with Crippen LogP contribution in [0.15, 0.2) is 12.5 Å². The average Bonchev–Trinajstić information content (AvgIpc) is 2.91. The number of nitrogens with zero attached hydrogens (tertiary/aromatic N) is 2. The van der Waals surface area contributed by atoms with Gasteiger partial charge in [-0.3, -0.25) is 0 Å². The van der Waals surface area contributed by atoms with Crippen LogP contribution in [0.3, 0.4) is 0 Å². The van der Waals surface area contributed by atoms with Gasteiger partial charge >= 0.3 is 0 Å². The van der Waals surface area contributed by atoms with Gasteiger partial charge in [-0.25, -0.2) is 4.98 Å². The van der Waals surface area contributed by atoms with E-state index in [4.69, 9.17) is 0 Å². The number of hydrogen-bond acceptors (Lipinski definition) is 2. The summed E-state index contributed by atoms with van der Waals surface area (Å²) >= 11 is 0. The van der Waals surface area contributed by atoms with Gasteiger partial charge in [0.1, 0.15) is 0 Å². The quantitative estimate of drug-likeness (QED) is 0.886. The number of rotatable bonds is 2. The van der Waals surface area contributed by atoms with Gasteiger partial charge in [0.25, 0.3) is 0 Å². The van der Waals surface area contributed by atoms with E-state index < -0.39 is 0 Å². The van der Waals surface area contributed by atoms with Crippen molar-refractivity contribution in [2.45, 2.75) is 69.7 Å². The fraction of sp³-hybridized carbons (Fsp3) is 0.812. The van der Waals surface area contributed by atoms with Crippen LogP contribution in [0.25, 0.3) is 0 Å². The standard InChI is InChI=1S/C16H27N3/c1-15(8-10-17-11-9-15)14-12-18-13-19(14)16(2)6-4-3-5-7-16/h12-13,17H,3-11H2,1-2H3. The second kappa shape index (κ2) is 4.93. The smallest absolute Gasteiger partial charge is 0.0953 e. The Kier molecular flexibility index (Phi) is 3.42. The maximum Gasteiger partial charge on any atom is 0.0953 e. The fourth-order valence-electron chi connectivity index (χ4n) is 3.96. The first-order chi connectivity index (χ1) is 9.14. The molecule has 0 bridgehead atoms. The molecule has 1 saturated carbocycles. The van der Waals surface area contributed by atoms with E-state index in [9.17, 15) is 0 Å². The summed E-state index contributed by atoms with van der Waals surface area (Å²) in [5, 5.41) is 3.48. The van der Waals surface area contributed by atoms with Crippen molar-refractivity contribution in [1.82, 2.24) is 14.9 Å². The molecule has 2 heterocycles. The molecule has 0 radical (unpaired) electrons. The van der Waals surface area contributed by atoms with Crippen LogP contribution in [0.1, 0.15) is 64.5 Å². The summed E-state index contributed by atoms with van der Waals surface area (Å²) in [6.45, 7) is 7.13. The molecule has 2 aliphatic rings. The van der Waals surface area contributed by atoms with Crippen molar-refractivity contribution in [2.75, 3.05) is 13.1 Å². The second-order valence-electron chi connectivity index (χ2n) is 7.02. The lowest BCUT2D eigenvalue weighted by Gasteiger charge is -2.41. The molecule has 1 aromatic rings. The molecule has 1 N–H and O–H groups in total. The first-order valence-corrected chi connectivity index (χ1v) is 7.88. The predicted octanol–water partition coefficient (Wildman–Crippen LogP) is 3.20. The summed E-state index contributed by atoms with van der Waals surface area (Å²) < 4.78 is 2.53. The van der Waals surface area contributed by atoms with Crippen LogP contribution < -0.4 is 5.32 Å². The molecular weight excluding hydrogens is 234 g/mol. The summed E-state index contributed by atoms with van der Waals surface area (Å²) in [6, 6.07) is 0. The third kappa shape index (κ3) is 2.33. The lowest BCUT2D eigenvalue weighted by molar-refractivity contribution is 0.196. The van der Waals surface area contributed by atoms with Gasteiger partial charge in [0.15, 0.2) is 0 Å². The highest BCUT2D eigenvalue weighted by Gasteiger charge is 2.37. The highest BCUT2D eigenvalue weighted by Crippen LogP contribution is 2.40. The van der Waals surface area contributed by atoms with Gasteiger partial charge < -0.3 is 9.88 Å². The zero-order chi connectivity index (χ0) is 13.3. The Morgan fingerprint density at radius 3 is 2.42 bits per heavy atom. The SMILES string of the molecule is CC1(c2cncn2C2(C)CCCCC2)CCNCC1. The number of piperidine rings is 1. The van der Waals surface area contributed by atoms with Crippen molar-refractivity contribution >= 4 is 0 Å². The normalized spacial score (nSPS) is 26.2. The number of imidazole rings is 1. The molecule has 0 atom stereocenters. The van der Waals surface area contributed by atoms with E-state index in [1.54, 1.807) is 0 Å². The van der Waals surface area contributed by atoms with Gasteiger partial charge in [-0.1, -0.05) is 26.2 Å². The first-order valence-electron chi connectivity index (χ1n) is 7.88. The van der Waals surface area contributed by atoms with Gasteiger partial charge in [-0.15, -0.1) is 0 Å². The van der Waals surface area contributed by atoms with Crippen molar-refractivity contribution in [3.63, 3.8) is 0 Å². The average molecular weight is 261 g/mol. The molecule has 1 saturated heterocycles. The molecule has 0 spiro atoms. The minimum Gasteiger partial charge on any atom is -0.328 e. The number of nitrogens with one attached hydrogen (secondary N) is 1. The van der Waals surface area contributed by atoms with Crippen molar-refractivity contribution < 1.29 is 0 Å². The molecule has 3 rings (SSSR count). The molecule has 1 aromatic heterocycles. The van der Waals surface area contributed by atoms with E-state index in [-0.39, 0.29) is 0 Å². The van der Waals surface area contributed by atoms with E-state index in [0.29, 0.717) is 11.0 Å². The molecule has 106 valence electrons. The molecule has 3 nitrogen and oxygen atoms in total. The maximum absolute atomic E-state index is 4.51. The summed E-state index contributed by atoms with van der Waals surface area (Å²) in [7, 11) is 0. The van der Waals surface area contributed by atoms with Gasteiger partial charge in [-0.05, 0) is 45.7 Å². The lowest BCUT2D eigenvalue weighted by Crippen LogP contribution is -2.42. The van der Waals surface area contributed by atoms with Crippen LogP contribution in [0.5, 0.6) is 0 Å². The Labute approximate surface area is 116 Å². The van der Waals surface area contributed by atoms with E-state index in [1.807, 2.05) is 0 Å².